The minimum Gasteiger partial charge on any atom is -0.463 e. The molecule has 4 atom stereocenters. The predicted molar refractivity (Wildman–Crippen MR) is 144 cm³/mol. The first-order valence-corrected chi connectivity index (χ1v) is 15.0. The molecule has 3 heterocycles. The number of rotatable bonds is 11. The molecule has 1 amide bonds. The molecule has 1 fully saturated rings. The molecule has 2 aromatic rings. The molecule has 1 saturated heterocycles. The average molecular weight is 587 g/mol. The van der Waals surface area contributed by atoms with Crippen LogP contribution in [0, 0.1) is 0 Å². The first kappa shape index (κ1) is 30.8. The third-order valence-corrected chi connectivity index (χ3v) is 9.30. The fourth-order valence-electron chi connectivity index (χ4n) is 4.39. The molecule has 1 unspecified atom stereocenters. The summed E-state index contributed by atoms with van der Waals surface area (Å²) in [6.45, 7) is 8.64. The van der Waals surface area contributed by atoms with Gasteiger partial charge in [-0.05, 0) is 39.5 Å². The number of hydrogen-bond acceptors (Lipinski definition) is 12. The van der Waals surface area contributed by atoms with E-state index in [9.17, 15) is 14.4 Å². The van der Waals surface area contributed by atoms with Crippen LogP contribution in [-0.2, 0) is 44.9 Å². The van der Waals surface area contributed by atoms with Gasteiger partial charge < -0.3 is 23.3 Å². The van der Waals surface area contributed by atoms with Crippen LogP contribution in [0.1, 0.15) is 61.1 Å². The van der Waals surface area contributed by atoms with E-state index < -0.39 is 42.9 Å². The van der Waals surface area contributed by atoms with Gasteiger partial charge in [-0.2, -0.15) is 9.97 Å². The molecular weight excluding hydrogens is 551 g/mol. The van der Waals surface area contributed by atoms with Crippen LogP contribution in [0.3, 0.4) is 0 Å². The van der Waals surface area contributed by atoms with Crippen LogP contribution < -0.4 is 9.84 Å². The molecule has 0 spiro atoms. The minimum atomic E-state index is -3.10. The number of hydrogen-bond donors (Lipinski definition) is 1. The number of nitrogens with one attached hydrogen (secondary N) is 1. The van der Waals surface area contributed by atoms with Crippen LogP contribution >= 0.6 is 6.64 Å². The number of imidazole rings is 1. The first-order valence-electron chi connectivity index (χ1n) is 12.4. The van der Waals surface area contributed by atoms with Crippen molar-refractivity contribution in [1.82, 2.24) is 24.2 Å². The fraction of sp³-hybridized carbons (Fsp3) is 0.652. The molecule has 14 nitrogen and oxygen atoms in total. The monoisotopic (exact) mass is 586 g/mol. The summed E-state index contributed by atoms with van der Waals surface area (Å²) in [5.74, 6) is -1.38. The molecule has 216 valence electrons. The highest BCUT2D eigenvalue weighted by atomic mass is 32.5. The fourth-order valence-corrected chi connectivity index (χ4v) is 7.56. The lowest BCUT2D eigenvalue weighted by Crippen LogP contribution is -2.36. The van der Waals surface area contributed by atoms with Gasteiger partial charge >= 0.3 is 18.6 Å². The Morgan fingerprint density at radius 3 is 2.38 bits per heavy atom. The summed E-state index contributed by atoms with van der Waals surface area (Å²) in [6, 6.07) is -0.000487. The molecule has 39 heavy (non-hydrogen) atoms. The van der Waals surface area contributed by atoms with Crippen LogP contribution in [-0.4, -0.2) is 80.0 Å². The topological polar surface area (TPSA) is 156 Å². The number of ether oxygens (including phenoxy) is 3. The smallest absolute Gasteiger partial charge is 0.317 e. The van der Waals surface area contributed by atoms with Crippen molar-refractivity contribution >= 4 is 53.4 Å². The molecule has 0 saturated carbocycles. The SMILES string of the molecule is COP(=S)(Oc1nc(NC(C)=O)nc2c1ncn2[C@H]1C[C@H](OC(C)=O)[C@@H](COC(C)=O)O1)N(C(C)C)C(C)C. The van der Waals surface area contributed by atoms with Gasteiger partial charge in [-0.15, -0.1) is 0 Å². The van der Waals surface area contributed by atoms with E-state index in [4.69, 9.17) is 35.1 Å². The van der Waals surface area contributed by atoms with Gasteiger partial charge in [0.1, 0.15) is 25.0 Å². The summed E-state index contributed by atoms with van der Waals surface area (Å²) >= 11 is 5.88. The molecule has 1 aliphatic rings. The van der Waals surface area contributed by atoms with Crippen LogP contribution in [0.4, 0.5) is 5.95 Å². The zero-order valence-corrected chi connectivity index (χ0v) is 24.9. The second-order valence-electron chi connectivity index (χ2n) is 9.48. The highest BCUT2D eigenvalue weighted by Crippen LogP contribution is 2.54. The third kappa shape index (κ3) is 7.28. The van der Waals surface area contributed by atoms with Gasteiger partial charge in [0.15, 0.2) is 11.2 Å². The predicted octanol–water partition coefficient (Wildman–Crippen LogP) is 2.94. The van der Waals surface area contributed by atoms with E-state index in [2.05, 4.69) is 20.3 Å². The van der Waals surface area contributed by atoms with E-state index in [1.165, 1.54) is 34.2 Å². The highest BCUT2D eigenvalue weighted by Gasteiger charge is 2.41. The lowest BCUT2D eigenvalue weighted by atomic mass is 10.2. The summed E-state index contributed by atoms with van der Waals surface area (Å²) < 4.78 is 32.2. The maximum absolute atomic E-state index is 11.9. The lowest BCUT2D eigenvalue weighted by molar-refractivity contribution is -0.155. The molecule has 0 bridgehead atoms. The Hall–Kier alpha value is -2.71. The third-order valence-electron chi connectivity index (χ3n) is 5.71. The van der Waals surface area contributed by atoms with Gasteiger partial charge in [0.05, 0.1) is 6.33 Å². The van der Waals surface area contributed by atoms with Gasteiger partial charge in [0, 0.05) is 46.4 Å². The molecule has 2 aromatic heterocycles. The van der Waals surface area contributed by atoms with Crippen molar-refractivity contribution in [2.24, 2.45) is 0 Å². The lowest BCUT2D eigenvalue weighted by Gasteiger charge is -2.37. The van der Waals surface area contributed by atoms with Crippen molar-refractivity contribution in [2.45, 2.75) is 85.4 Å². The summed E-state index contributed by atoms with van der Waals surface area (Å²) in [4.78, 5) is 48.2. The number of anilines is 1. The van der Waals surface area contributed by atoms with E-state index in [-0.39, 0.29) is 48.1 Å². The maximum atomic E-state index is 11.9. The molecule has 0 aromatic carbocycles. The first-order chi connectivity index (χ1) is 18.2. The van der Waals surface area contributed by atoms with Crippen LogP contribution in [0.15, 0.2) is 6.33 Å². The standard InChI is InChI=1S/C23H35N6O8PS/c1-12(2)29(13(3)4)38(39,33-8)37-22-20-21(26-23(27-22)25-14(5)30)28(11-24-20)19-9-17(35-16(7)32)18(36-19)10-34-15(6)31/h11-13,17-19H,9-10H2,1-8H3,(H,25,26,27,30)/t17-,18+,19+,38?/m0/s1. The second kappa shape index (κ2) is 12.6. The second-order valence-corrected chi connectivity index (χ2v) is 12.8. The number of amides is 1. The van der Waals surface area contributed by atoms with Gasteiger partial charge in [-0.3, -0.25) is 24.3 Å². The summed E-state index contributed by atoms with van der Waals surface area (Å²) in [7, 11) is 1.48. The van der Waals surface area contributed by atoms with Crippen molar-refractivity contribution in [1.29, 1.82) is 0 Å². The van der Waals surface area contributed by atoms with Crippen molar-refractivity contribution in [3.63, 3.8) is 0 Å². The van der Waals surface area contributed by atoms with Crippen LogP contribution in [0.25, 0.3) is 11.2 Å². The Bertz CT molecular complexity index is 1260. The molecule has 0 aliphatic carbocycles. The number of carbonyl (C=O) groups excluding carboxylic acids is 3. The Balaban J connectivity index is 2.06. The Morgan fingerprint density at radius 1 is 1.18 bits per heavy atom. The van der Waals surface area contributed by atoms with Gasteiger partial charge in [0.2, 0.25) is 11.9 Å². The van der Waals surface area contributed by atoms with E-state index in [0.717, 1.165) is 0 Å². The van der Waals surface area contributed by atoms with Crippen molar-refractivity contribution in [2.75, 3.05) is 19.0 Å². The van der Waals surface area contributed by atoms with Gasteiger partial charge in [-0.1, -0.05) is 0 Å². The summed E-state index contributed by atoms with van der Waals surface area (Å²) in [5, 5.41) is 2.57. The number of carbonyl (C=O) groups is 3. The minimum absolute atomic E-state index is 0.000244. The molecule has 0 radical (unpaired) electrons. The molecule has 1 N–H and O–H groups in total. The number of fused-ring (bicyclic) bond motifs is 1. The van der Waals surface area contributed by atoms with E-state index >= 15 is 0 Å². The number of esters is 2. The van der Waals surface area contributed by atoms with Gasteiger partial charge in [-0.25, -0.2) is 9.65 Å². The highest BCUT2D eigenvalue weighted by molar-refractivity contribution is 8.08. The maximum Gasteiger partial charge on any atom is 0.317 e. The molecule has 16 heteroatoms. The van der Waals surface area contributed by atoms with Crippen molar-refractivity contribution in [3.8, 4) is 5.88 Å². The largest absolute Gasteiger partial charge is 0.463 e. The quantitative estimate of drug-likeness (QED) is 0.303. The van der Waals surface area contributed by atoms with Crippen LogP contribution in [0.2, 0.25) is 0 Å². The summed E-state index contributed by atoms with van der Waals surface area (Å²) in [6.07, 6.45) is -0.370. The van der Waals surface area contributed by atoms with Gasteiger partial charge in [0.25, 0.3) is 5.88 Å². The Morgan fingerprint density at radius 2 is 1.85 bits per heavy atom. The Labute approximate surface area is 231 Å². The molecule has 3 rings (SSSR count). The number of aromatic nitrogens is 4. The van der Waals surface area contributed by atoms with E-state index in [1.54, 1.807) is 4.57 Å². The molecule has 1 aliphatic heterocycles. The summed E-state index contributed by atoms with van der Waals surface area (Å²) in [5.41, 5.74) is 0.542. The van der Waals surface area contributed by atoms with Crippen molar-refractivity contribution < 1.29 is 37.6 Å². The van der Waals surface area contributed by atoms with E-state index in [0.29, 0.717) is 0 Å². The normalized spacial score (nSPS) is 20.8. The molecular formula is C23H35N6O8PS. The zero-order chi connectivity index (χ0) is 29.1. The van der Waals surface area contributed by atoms with Crippen LogP contribution in [0.5, 0.6) is 5.88 Å². The Kier molecular flexibility index (Phi) is 9.99. The average Bonchev–Trinajstić information content (AvgIpc) is 3.40. The van der Waals surface area contributed by atoms with E-state index in [1.807, 2.05) is 32.4 Å². The van der Waals surface area contributed by atoms with Crippen molar-refractivity contribution in [3.05, 3.63) is 6.33 Å². The number of nitrogens with zero attached hydrogens (tertiary/aromatic N) is 5. The zero-order valence-electron chi connectivity index (χ0n) is 23.2.